The number of sulfone groups is 1. The Labute approximate surface area is 101 Å². The Kier molecular flexibility index (Phi) is 2.97. The van der Waals surface area contributed by atoms with Crippen molar-refractivity contribution in [3.05, 3.63) is 30.5 Å². The fourth-order valence-electron chi connectivity index (χ4n) is 1.13. The molecule has 0 N–H and O–H groups in total. The van der Waals surface area contributed by atoms with Crippen LogP contribution in [0.4, 0.5) is 0 Å². The molecule has 80 valence electrons. The van der Waals surface area contributed by atoms with Crippen LogP contribution in [0.3, 0.4) is 0 Å². The maximum atomic E-state index is 12.0. The van der Waals surface area contributed by atoms with Gasteiger partial charge in [0.25, 0.3) is 0 Å². The third-order valence-electron chi connectivity index (χ3n) is 1.97. The number of hydrogen-bond acceptors (Lipinski definition) is 5. The number of nitrogens with zero attached hydrogens (tertiary/aromatic N) is 3. The molecule has 0 aliphatic carbocycles. The second-order valence-corrected chi connectivity index (χ2v) is 5.07. The molecule has 0 fully saturated rings. The second-order valence-electron chi connectivity index (χ2n) is 3.23. The number of pyridine rings is 1. The van der Waals surface area contributed by atoms with Gasteiger partial charge in [-0.2, -0.15) is 5.10 Å². The fourth-order valence-corrected chi connectivity index (χ4v) is 2.18. The van der Waals surface area contributed by atoms with Gasteiger partial charge in [0.1, 0.15) is 15.7 Å². The van der Waals surface area contributed by atoms with E-state index in [-0.39, 0.29) is 15.6 Å². The van der Waals surface area contributed by atoms with Crippen LogP contribution < -0.4 is 11.1 Å². The Bertz CT molecular complexity index is 575. The molecule has 2 aromatic heterocycles. The van der Waals surface area contributed by atoms with E-state index < -0.39 is 9.84 Å². The van der Waals surface area contributed by atoms with E-state index >= 15 is 0 Å². The highest BCUT2D eigenvalue weighted by molar-refractivity contribution is 7.91. The van der Waals surface area contributed by atoms with Crippen molar-refractivity contribution in [1.29, 1.82) is 0 Å². The predicted octanol–water partition coefficient (Wildman–Crippen LogP) is -1.71. The Hall–Kier alpha value is -1.69. The van der Waals surface area contributed by atoms with Gasteiger partial charge in [0.2, 0.25) is 9.84 Å². The molecular formula is C9H5B2N3O2S. The van der Waals surface area contributed by atoms with Gasteiger partial charge in [0, 0.05) is 11.8 Å². The molecule has 2 heterocycles. The van der Waals surface area contributed by atoms with Gasteiger partial charge in [0.05, 0.1) is 0 Å². The van der Waals surface area contributed by atoms with Crippen molar-refractivity contribution in [2.45, 2.75) is 10.1 Å². The summed E-state index contributed by atoms with van der Waals surface area (Å²) < 4.78 is 24.0. The minimum absolute atomic E-state index is 0.134. The minimum atomic E-state index is -3.77. The van der Waals surface area contributed by atoms with Crippen molar-refractivity contribution >= 4 is 36.6 Å². The zero-order chi connectivity index (χ0) is 12.5. The molecule has 0 unspecified atom stereocenters. The molecule has 0 bridgehead atoms. The molecule has 2 rings (SSSR count). The standard InChI is InChI=1S/C9H5B2N3O2S/c10-6-1-3-8(12-5-6)17(15,16)9-4-2-7(11)13-14-9/h1-5H. The van der Waals surface area contributed by atoms with E-state index in [1.807, 2.05) is 0 Å². The Morgan fingerprint density at radius 1 is 0.941 bits per heavy atom. The molecule has 8 heteroatoms. The first-order chi connectivity index (χ1) is 8.00. The second kappa shape index (κ2) is 4.29. The highest BCUT2D eigenvalue weighted by Gasteiger charge is 2.20. The quantitative estimate of drug-likeness (QED) is 0.585. The van der Waals surface area contributed by atoms with Crippen molar-refractivity contribution in [2.75, 3.05) is 0 Å². The maximum Gasteiger partial charge on any atom is 0.242 e. The minimum Gasteiger partial charge on any atom is -0.245 e. The zero-order valence-corrected chi connectivity index (χ0v) is 9.42. The summed E-state index contributed by atoms with van der Waals surface area (Å²) in [6, 6.07) is 5.39. The summed E-state index contributed by atoms with van der Waals surface area (Å²) in [5.74, 6) is 0. The molecule has 0 aliphatic rings. The first-order valence-corrected chi connectivity index (χ1v) is 6.04. The van der Waals surface area contributed by atoms with Crippen LogP contribution in [0.15, 0.2) is 40.5 Å². The van der Waals surface area contributed by atoms with Gasteiger partial charge < -0.3 is 0 Å². The lowest BCUT2D eigenvalue weighted by Gasteiger charge is -2.02. The lowest BCUT2D eigenvalue weighted by molar-refractivity contribution is 0.586. The van der Waals surface area contributed by atoms with Gasteiger partial charge in [-0.05, 0) is 18.2 Å². The summed E-state index contributed by atoms with van der Waals surface area (Å²) in [7, 11) is 6.99. The van der Waals surface area contributed by atoms with Crippen LogP contribution in [-0.4, -0.2) is 39.3 Å². The SMILES string of the molecule is [B]c1ccc(S(=O)(=O)c2ccc([B])nn2)nc1. The average Bonchev–Trinajstić information content (AvgIpc) is 2.30. The highest BCUT2D eigenvalue weighted by atomic mass is 32.2. The van der Waals surface area contributed by atoms with E-state index in [0.29, 0.717) is 5.46 Å². The number of hydrogen-bond donors (Lipinski definition) is 0. The third-order valence-corrected chi connectivity index (χ3v) is 3.53. The first kappa shape index (κ1) is 11.8. The monoisotopic (exact) mass is 241 g/mol. The summed E-state index contributed by atoms with van der Waals surface area (Å²) in [5.41, 5.74) is 0.529. The molecule has 0 saturated carbocycles. The first-order valence-electron chi connectivity index (χ1n) is 4.56. The molecule has 17 heavy (non-hydrogen) atoms. The lowest BCUT2D eigenvalue weighted by Crippen LogP contribution is -2.15. The molecular weight excluding hydrogens is 236 g/mol. The third kappa shape index (κ3) is 2.36. The van der Waals surface area contributed by atoms with Crippen LogP contribution in [0.5, 0.6) is 0 Å². The van der Waals surface area contributed by atoms with Crippen LogP contribution in [0.25, 0.3) is 0 Å². The van der Waals surface area contributed by atoms with Crippen LogP contribution in [0, 0.1) is 0 Å². The van der Waals surface area contributed by atoms with Crippen LogP contribution in [0.2, 0.25) is 0 Å². The van der Waals surface area contributed by atoms with Crippen molar-refractivity contribution in [3.8, 4) is 0 Å². The molecule has 0 spiro atoms. The van der Waals surface area contributed by atoms with E-state index in [9.17, 15) is 8.42 Å². The van der Waals surface area contributed by atoms with Gasteiger partial charge in [-0.25, -0.2) is 13.4 Å². The lowest BCUT2D eigenvalue weighted by atomic mass is 9.99. The van der Waals surface area contributed by atoms with Gasteiger partial charge in [-0.15, -0.1) is 5.10 Å². The number of aromatic nitrogens is 3. The van der Waals surface area contributed by atoms with Crippen molar-refractivity contribution in [1.82, 2.24) is 15.2 Å². The molecule has 5 nitrogen and oxygen atoms in total. The van der Waals surface area contributed by atoms with Crippen molar-refractivity contribution in [3.63, 3.8) is 0 Å². The van der Waals surface area contributed by atoms with Crippen LogP contribution in [0.1, 0.15) is 0 Å². The van der Waals surface area contributed by atoms with Crippen LogP contribution in [-0.2, 0) is 9.84 Å². The Morgan fingerprint density at radius 2 is 1.65 bits per heavy atom. The van der Waals surface area contributed by atoms with E-state index in [4.69, 9.17) is 15.7 Å². The largest absolute Gasteiger partial charge is 0.245 e. The number of rotatable bonds is 2. The Balaban J connectivity index is 2.50. The predicted molar refractivity (Wildman–Crippen MR) is 62.5 cm³/mol. The summed E-state index contributed by atoms with van der Waals surface area (Å²) in [5, 5.41) is 6.66. The molecule has 4 radical (unpaired) electrons. The van der Waals surface area contributed by atoms with E-state index in [1.54, 1.807) is 0 Å². The topological polar surface area (TPSA) is 72.8 Å². The smallest absolute Gasteiger partial charge is 0.242 e. The molecule has 0 aliphatic heterocycles. The summed E-state index contributed by atoms with van der Waals surface area (Å²) in [6.45, 7) is 0. The molecule has 0 atom stereocenters. The molecule has 2 aromatic rings. The molecule has 0 aromatic carbocycles. The summed E-state index contributed by atoms with van der Waals surface area (Å²) in [6.07, 6.45) is 1.26. The maximum absolute atomic E-state index is 12.0. The summed E-state index contributed by atoms with van der Waals surface area (Å²) in [4.78, 5) is 3.74. The van der Waals surface area contributed by atoms with E-state index in [0.717, 1.165) is 0 Å². The zero-order valence-electron chi connectivity index (χ0n) is 8.61. The van der Waals surface area contributed by atoms with Gasteiger partial charge in [-0.3, -0.25) is 0 Å². The fraction of sp³-hybridized carbons (Fsp3) is 0. The van der Waals surface area contributed by atoms with Crippen LogP contribution >= 0.6 is 0 Å². The Morgan fingerprint density at radius 3 is 2.18 bits per heavy atom. The normalized spacial score (nSPS) is 11.3. The average molecular weight is 241 g/mol. The highest BCUT2D eigenvalue weighted by Crippen LogP contribution is 2.13. The molecule has 0 amide bonds. The van der Waals surface area contributed by atoms with Crippen molar-refractivity contribution in [2.24, 2.45) is 0 Å². The summed E-state index contributed by atoms with van der Waals surface area (Å²) >= 11 is 0. The van der Waals surface area contributed by atoms with E-state index in [1.165, 1.54) is 30.5 Å². The van der Waals surface area contributed by atoms with E-state index in [2.05, 4.69) is 15.2 Å². The van der Waals surface area contributed by atoms with Gasteiger partial charge in [-0.1, -0.05) is 11.5 Å². The molecule has 0 saturated heterocycles. The van der Waals surface area contributed by atoms with Crippen molar-refractivity contribution < 1.29 is 8.42 Å². The van der Waals surface area contributed by atoms with Gasteiger partial charge in [0.15, 0.2) is 10.1 Å². The van der Waals surface area contributed by atoms with Gasteiger partial charge >= 0.3 is 0 Å².